The molecule has 172 valence electrons. The number of unbranched alkanes of at least 4 members (excludes halogenated alkanes) is 3. The van der Waals surface area contributed by atoms with Gasteiger partial charge in [-0.3, -0.25) is 10.1 Å². The zero-order valence-electron chi connectivity index (χ0n) is 18.6. The molecule has 3 rings (SSSR count). The highest BCUT2D eigenvalue weighted by Gasteiger charge is 2.28. The summed E-state index contributed by atoms with van der Waals surface area (Å²) in [5.74, 6) is -0.176. The molecule has 1 amide bonds. The summed E-state index contributed by atoms with van der Waals surface area (Å²) in [5, 5.41) is 6.52. The maximum atomic E-state index is 12.9. The molecule has 0 atom stereocenters. The topological polar surface area (TPSA) is 76.7 Å². The third-order valence-electron chi connectivity index (χ3n) is 5.24. The summed E-state index contributed by atoms with van der Waals surface area (Å²) in [6.45, 7) is 4.82. The van der Waals surface area contributed by atoms with Gasteiger partial charge in [0.1, 0.15) is 10.8 Å². The number of thiophene rings is 1. The Morgan fingerprint density at radius 2 is 1.94 bits per heavy atom. The summed E-state index contributed by atoms with van der Waals surface area (Å²) in [6.07, 6.45) is 7.21. The van der Waals surface area contributed by atoms with E-state index < -0.39 is 0 Å². The van der Waals surface area contributed by atoms with Crippen molar-refractivity contribution in [1.82, 2.24) is 5.32 Å². The van der Waals surface area contributed by atoms with E-state index in [2.05, 4.69) is 17.6 Å². The minimum atomic E-state index is -0.356. The Kier molecular flexibility index (Phi) is 9.05. The Labute approximate surface area is 198 Å². The van der Waals surface area contributed by atoms with Gasteiger partial charge in [0.25, 0.3) is 5.91 Å². The maximum Gasteiger partial charge on any atom is 0.341 e. The number of fused-ring (bicyclic) bond motifs is 1. The first kappa shape index (κ1) is 24.2. The van der Waals surface area contributed by atoms with Crippen LogP contribution in [0.25, 0.3) is 0 Å². The zero-order chi connectivity index (χ0) is 22.9. The predicted octanol–water partition coefficient (Wildman–Crippen LogP) is 5.50. The molecule has 1 heterocycles. The highest BCUT2D eigenvalue weighted by atomic mass is 32.1. The largest absolute Gasteiger partial charge is 0.493 e. The van der Waals surface area contributed by atoms with E-state index in [0.717, 1.165) is 44.1 Å². The number of ether oxygens (including phenoxy) is 2. The maximum absolute atomic E-state index is 12.9. The lowest BCUT2D eigenvalue weighted by Crippen LogP contribution is -2.34. The number of amides is 1. The summed E-state index contributed by atoms with van der Waals surface area (Å²) in [7, 11) is 0. The molecular weight excluding hydrogens is 444 g/mol. The second kappa shape index (κ2) is 12.0. The number of thiocarbonyl (C=S) groups is 1. The summed E-state index contributed by atoms with van der Waals surface area (Å²) in [4.78, 5) is 26.5. The van der Waals surface area contributed by atoms with Gasteiger partial charge in [0.2, 0.25) is 0 Å². The van der Waals surface area contributed by atoms with Crippen molar-refractivity contribution in [3.8, 4) is 5.75 Å². The number of anilines is 1. The molecule has 1 aliphatic rings. The van der Waals surface area contributed by atoms with E-state index in [1.807, 2.05) is 6.07 Å². The van der Waals surface area contributed by atoms with E-state index in [0.29, 0.717) is 35.1 Å². The molecule has 0 unspecified atom stereocenters. The molecule has 2 N–H and O–H groups in total. The standard InChI is InChI=1S/C24H30N2O4S2/c1-3-5-6-9-15-30-18-13-8-7-11-16(18)21(27)25-24(31)26-22-20(23(28)29-4-2)17-12-10-14-19(17)32-22/h7-8,11,13H,3-6,9-10,12,14-15H2,1-2H3,(H2,25,26,27,31). The van der Waals surface area contributed by atoms with Crippen molar-refractivity contribution in [2.75, 3.05) is 18.5 Å². The first-order chi connectivity index (χ1) is 15.5. The zero-order valence-corrected chi connectivity index (χ0v) is 20.3. The van der Waals surface area contributed by atoms with Crippen LogP contribution in [0.4, 0.5) is 5.00 Å². The van der Waals surface area contributed by atoms with Crippen LogP contribution in [0.2, 0.25) is 0 Å². The molecule has 0 saturated heterocycles. The third kappa shape index (κ3) is 6.07. The van der Waals surface area contributed by atoms with Gasteiger partial charge < -0.3 is 14.8 Å². The van der Waals surface area contributed by atoms with Crippen molar-refractivity contribution in [2.45, 2.75) is 58.8 Å². The molecule has 32 heavy (non-hydrogen) atoms. The number of hydrogen-bond acceptors (Lipinski definition) is 6. The van der Waals surface area contributed by atoms with Gasteiger partial charge in [-0.1, -0.05) is 38.3 Å². The molecule has 0 fully saturated rings. The SMILES string of the molecule is CCCCCCOc1ccccc1C(=O)NC(=S)Nc1sc2c(c1C(=O)OCC)CCC2. The van der Waals surface area contributed by atoms with Crippen molar-refractivity contribution in [1.29, 1.82) is 0 Å². The van der Waals surface area contributed by atoms with Crippen molar-refractivity contribution < 1.29 is 19.1 Å². The molecule has 1 aromatic heterocycles. The molecule has 0 radical (unpaired) electrons. The number of carbonyl (C=O) groups is 2. The van der Waals surface area contributed by atoms with Crippen LogP contribution < -0.4 is 15.4 Å². The van der Waals surface area contributed by atoms with Gasteiger partial charge in [0.15, 0.2) is 5.11 Å². The van der Waals surface area contributed by atoms with Crippen LogP contribution in [0.1, 0.15) is 77.1 Å². The Morgan fingerprint density at radius 3 is 2.72 bits per heavy atom. The van der Waals surface area contributed by atoms with Crippen molar-refractivity contribution >= 4 is 45.5 Å². The van der Waals surface area contributed by atoms with Crippen molar-refractivity contribution in [3.63, 3.8) is 0 Å². The minimum absolute atomic E-state index is 0.137. The van der Waals surface area contributed by atoms with E-state index in [9.17, 15) is 9.59 Å². The molecule has 0 aliphatic heterocycles. The average Bonchev–Trinajstić information content (AvgIpc) is 3.34. The molecule has 0 spiro atoms. The van der Waals surface area contributed by atoms with Crippen LogP contribution in [0.3, 0.4) is 0 Å². The van der Waals surface area contributed by atoms with E-state index in [-0.39, 0.29) is 17.0 Å². The van der Waals surface area contributed by atoms with E-state index >= 15 is 0 Å². The number of para-hydroxylation sites is 1. The van der Waals surface area contributed by atoms with Crippen LogP contribution in [-0.4, -0.2) is 30.2 Å². The molecule has 1 aliphatic carbocycles. The van der Waals surface area contributed by atoms with Gasteiger partial charge in [-0.05, 0) is 62.5 Å². The highest BCUT2D eigenvalue weighted by Crippen LogP contribution is 2.39. The van der Waals surface area contributed by atoms with Crippen molar-refractivity contribution in [3.05, 3.63) is 45.8 Å². The summed E-state index contributed by atoms with van der Waals surface area (Å²) >= 11 is 6.88. The predicted molar refractivity (Wildman–Crippen MR) is 132 cm³/mol. The van der Waals surface area contributed by atoms with E-state index in [1.54, 1.807) is 25.1 Å². The fourth-order valence-electron chi connectivity index (χ4n) is 3.71. The Morgan fingerprint density at radius 1 is 1.12 bits per heavy atom. The molecule has 0 saturated carbocycles. The fourth-order valence-corrected chi connectivity index (χ4v) is 5.25. The highest BCUT2D eigenvalue weighted by molar-refractivity contribution is 7.80. The lowest BCUT2D eigenvalue weighted by atomic mass is 10.1. The first-order valence-corrected chi connectivity index (χ1v) is 12.4. The average molecular weight is 475 g/mol. The Hall–Kier alpha value is -2.45. The third-order valence-corrected chi connectivity index (χ3v) is 6.65. The molecule has 8 heteroatoms. The number of carbonyl (C=O) groups excluding carboxylic acids is 2. The molecule has 0 bridgehead atoms. The van der Waals surface area contributed by atoms with Crippen LogP contribution in [0, 0.1) is 0 Å². The molecule has 2 aromatic rings. The number of benzene rings is 1. The lowest BCUT2D eigenvalue weighted by molar-refractivity contribution is 0.0527. The molecule has 6 nitrogen and oxygen atoms in total. The van der Waals surface area contributed by atoms with Crippen molar-refractivity contribution in [2.24, 2.45) is 0 Å². The summed E-state index contributed by atoms with van der Waals surface area (Å²) in [6, 6.07) is 7.13. The summed E-state index contributed by atoms with van der Waals surface area (Å²) < 4.78 is 11.1. The van der Waals surface area contributed by atoms with Gasteiger partial charge in [0, 0.05) is 4.88 Å². The normalized spacial score (nSPS) is 12.2. The molecule has 1 aromatic carbocycles. The second-order valence-electron chi connectivity index (χ2n) is 7.60. The van der Waals surface area contributed by atoms with Crippen LogP contribution in [0.5, 0.6) is 5.75 Å². The lowest BCUT2D eigenvalue weighted by Gasteiger charge is -2.13. The summed E-state index contributed by atoms with van der Waals surface area (Å²) in [5.41, 5.74) is 2.00. The number of hydrogen-bond donors (Lipinski definition) is 2. The fraction of sp³-hybridized carbons (Fsp3) is 0.458. The first-order valence-electron chi connectivity index (χ1n) is 11.2. The number of aryl methyl sites for hydroxylation is 1. The van der Waals surface area contributed by atoms with Crippen LogP contribution >= 0.6 is 23.6 Å². The number of rotatable bonds is 10. The van der Waals surface area contributed by atoms with Crippen LogP contribution in [-0.2, 0) is 17.6 Å². The Bertz CT molecular complexity index is 971. The van der Waals surface area contributed by atoms with Gasteiger partial charge >= 0.3 is 5.97 Å². The van der Waals surface area contributed by atoms with Crippen LogP contribution in [0.15, 0.2) is 24.3 Å². The quantitative estimate of drug-likeness (QED) is 0.269. The molecular formula is C24H30N2O4S2. The minimum Gasteiger partial charge on any atom is -0.493 e. The smallest absolute Gasteiger partial charge is 0.341 e. The Balaban J connectivity index is 1.65. The van der Waals surface area contributed by atoms with E-state index in [1.165, 1.54) is 22.6 Å². The van der Waals surface area contributed by atoms with E-state index in [4.69, 9.17) is 21.7 Å². The number of nitrogens with one attached hydrogen (secondary N) is 2. The monoisotopic (exact) mass is 474 g/mol. The number of esters is 1. The van der Waals surface area contributed by atoms with Gasteiger partial charge in [0.05, 0.1) is 24.3 Å². The second-order valence-corrected chi connectivity index (χ2v) is 9.11. The van der Waals surface area contributed by atoms with Gasteiger partial charge in [-0.15, -0.1) is 11.3 Å². The van der Waals surface area contributed by atoms with Gasteiger partial charge in [-0.25, -0.2) is 4.79 Å². The van der Waals surface area contributed by atoms with Gasteiger partial charge in [-0.2, -0.15) is 0 Å².